The molecule has 1 heterocycles. The minimum atomic E-state index is -0.168. The topological polar surface area (TPSA) is 64.7 Å². The Balaban J connectivity index is 2.52. The van der Waals surface area contributed by atoms with Crippen molar-refractivity contribution in [3.8, 4) is 11.4 Å². The molecule has 2 rings (SSSR count). The number of aromatic nitrogens is 3. The van der Waals surface area contributed by atoms with Gasteiger partial charge in [0.1, 0.15) is 5.82 Å². The quantitative estimate of drug-likeness (QED) is 0.858. The van der Waals surface area contributed by atoms with Crippen LogP contribution in [-0.2, 0) is 5.41 Å². The van der Waals surface area contributed by atoms with Crippen molar-refractivity contribution in [3.05, 3.63) is 35.1 Å². The fraction of sp³-hybridized carbons (Fsp3) is 0.308. The number of hydrogen-bond acceptors (Lipinski definition) is 4. The second-order valence-electron chi connectivity index (χ2n) is 5.10. The van der Waals surface area contributed by atoms with Gasteiger partial charge in [-0.2, -0.15) is 9.97 Å². The molecule has 2 aromatic rings. The van der Waals surface area contributed by atoms with Crippen molar-refractivity contribution in [2.75, 3.05) is 5.73 Å². The summed E-state index contributed by atoms with van der Waals surface area (Å²) < 4.78 is 0. The zero-order valence-corrected chi connectivity index (χ0v) is 11.4. The van der Waals surface area contributed by atoms with Gasteiger partial charge in [-0.05, 0) is 24.3 Å². The Morgan fingerprint density at radius 1 is 1.00 bits per heavy atom. The number of rotatable bonds is 1. The number of hydrogen-bond donors (Lipinski definition) is 1. The molecule has 0 unspecified atom stereocenters. The largest absolute Gasteiger partial charge is 0.368 e. The molecule has 1 aromatic carbocycles. The van der Waals surface area contributed by atoms with E-state index in [1.165, 1.54) is 0 Å². The van der Waals surface area contributed by atoms with Crippen LogP contribution in [0.1, 0.15) is 26.6 Å². The van der Waals surface area contributed by atoms with E-state index in [1.54, 1.807) is 12.1 Å². The number of anilines is 1. The van der Waals surface area contributed by atoms with Crippen LogP contribution < -0.4 is 5.73 Å². The van der Waals surface area contributed by atoms with Crippen LogP contribution in [0.25, 0.3) is 11.4 Å². The minimum absolute atomic E-state index is 0.168. The highest BCUT2D eigenvalue weighted by Crippen LogP contribution is 2.23. The van der Waals surface area contributed by atoms with E-state index in [4.69, 9.17) is 17.3 Å². The van der Waals surface area contributed by atoms with Gasteiger partial charge < -0.3 is 5.73 Å². The molecule has 0 aliphatic carbocycles. The number of halogens is 1. The van der Waals surface area contributed by atoms with Gasteiger partial charge in [-0.25, -0.2) is 4.98 Å². The average molecular weight is 263 g/mol. The number of nitrogens with two attached hydrogens (primary N) is 1. The van der Waals surface area contributed by atoms with Crippen molar-refractivity contribution < 1.29 is 0 Å². The Kier molecular flexibility index (Phi) is 3.22. The van der Waals surface area contributed by atoms with Crippen molar-refractivity contribution in [1.82, 2.24) is 15.0 Å². The van der Waals surface area contributed by atoms with Crippen LogP contribution in [0, 0.1) is 0 Å². The van der Waals surface area contributed by atoms with E-state index in [2.05, 4.69) is 15.0 Å². The maximum absolute atomic E-state index is 5.86. The molecule has 0 aliphatic heterocycles. The summed E-state index contributed by atoms with van der Waals surface area (Å²) in [5.74, 6) is 1.49. The van der Waals surface area contributed by atoms with E-state index in [0.29, 0.717) is 16.7 Å². The van der Waals surface area contributed by atoms with Crippen LogP contribution in [0.15, 0.2) is 24.3 Å². The molecule has 0 bridgehead atoms. The summed E-state index contributed by atoms with van der Waals surface area (Å²) in [5.41, 5.74) is 6.44. The first-order valence-electron chi connectivity index (χ1n) is 5.64. The molecule has 0 amide bonds. The van der Waals surface area contributed by atoms with Crippen LogP contribution in [0.3, 0.4) is 0 Å². The molecule has 2 N–H and O–H groups in total. The third-order valence-corrected chi connectivity index (χ3v) is 2.68. The first-order valence-corrected chi connectivity index (χ1v) is 6.02. The zero-order chi connectivity index (χ0) is 13.3. The predicted octanol–water partition coefficient (Wildman–Crippen LogP) is 3.07. The lowest BCUT2D eigenvalue weighted by atomic mass is 9.96. The molecule has 0 atom stereocenters. The zero-order valence-electron chi connectivity index (χ0n) is 10.6. The summed E-state index contributed by atoms with van der Waals surface area (Å²) in [4.78, 5) is 12.8. The first-order chi connectivity index (χ1) is 8.36. The fourth-order valence-corrected chi connectivity index (χ4v) is 1.58. The van der Waals surface area contributed by atoms with Crippen molar-refractivity contribution in [1.29, 1.82) is 0 Å². The van der Waals surface area contributed by atoms with Gasteiger partial charge in [0.2, 0.25) is 5.95 Å². The van der Waals surface area contributed by atoms with E-state index in [9.17, 15) is 0 Å². The molecule has 0 spiro atoms. The summed E-state index contributed by atoms with van der Waals surface area (Å²) in [5, 5.41) is 0.678. The summed E-state index contributed by atoms with van der Waals surface area (Å²) in [6.07, 6.45) is 0. The van der Waals surface area contributed by atoms with E-state index in [0.717, 1.165) is 5.56 Å². The van der Waals surface area contributed by atoms with Gasteiger partial charge in [-0.1, -0.05) is 32.4 Å². The highest BCUT2D eigenvalue weighted by atomic mass is 35.5. The van der Waals surface area contributed by atoms with Crippen molar-refractivity contribution in [2.24, 2.45) is 0 Å². The van der Waals surface area contributed by atoms with Crippen LogP contribution in [-0.4, -0.2) is 15.0 Å². The molecule has 0 fully saturated rings. The Bertz CT molecular complexity index is 558. The normalized spacial score (nSPS) is 11.6. The van der Waals surface area contributed by atoms with Crippen molar-refractivity contribution >= 4 is 17.5 Å². The standard InChI is InChI=1S/C13H15ClN4/c1-13(2,3)11-16-10(17-12(15)18-11)8-4-6-9(14)7-5-8/h4-7H,1-3H3,(H2,15,16,17,18). The van der Waals surface area contributed by atoms with Crippen LogP contribution in [0.2, 0.25) is 5.02 Å². The minimum Gasteiger partial charge on any atom is -0.368 e. The van der Waals surface area contributed by atoms with Gasteiger partial charge >= 0.3 is 0 Å². The maximum Gasteiger partial charge on any atom is 0.223 e. The highest BCUT2D eigenvalue weighted by Gasteiger charge is 2.19. The number of nitrogen functional groups attached to an aromatic ring is 1. The summed E-state index contributed by atoms with van der Waals surface area (Å²) in [6, 6.07) is 7.33. The Morgan fingerprint density at radius 2 is 1.61 bits per heavy atom. The Hall–Kier alpha value is -1.68. The molecule has 0 saturated heterocycles. The van der Waals surface area contributed by atoms with E-state index in [-0.39, 0.29) is 11.4 Å². The van der Waals surface area contributed by atoms with Crippen LogP contribution in [0.5, 0.6) is 0 Å². The lowest BCUT2D eigenvalue weighted by molar-refractivity contribution is 0.544. The molecule has 94 valence electrons. The summed E-state index contributed by atoms with van der Waals surface area (Å²) in [6.45, 7) is 6.11. The second kappa shape index (κ2) is 4.53. The lowest BCUT2D eigenvalue weighted by Crippen LogP contribution is -2.18. The fourth-order valence-electron chi connectivity index (χ4n) is 1.46. The van der Waals surface area contributed by atoms with E-state index >= 15 is 0 Å². The van der Waals surface area contributed by atoms with Gasteiger partial charge in [0.15, 0.2) is 5.82 Å². The van der Waals surface area contributed by atoms with E-state index < -0.39 is 0 Å². The Labute approximate surface area is 111 Å². The third-order valence-electron chi connectivity index (χ3n) is 2.43. The first kappa shape index (κ1) is 12.8. The maximum atomic E-state index is 5.86. The summed E-state index contributed by atoms with van der Waals surface area (Å²) in [7, 11) is 0. The van der Waals surface area contributed by atoms with Gasteiger partial charge in [0.25, 0.3) is 0 Å². The Morgan fingerprint density at radius 3 is 2.17 bits per heavy atom. The molecule has 1 aromatic heterocycles. The third kappa shape index (κ3) is 2.76. The molecular formula is C13H15ClN4. The molecule has 5 heteroatoms. The van der Waals surface area contributed by atoms with E-state index in [1.807, 2.05) is 32.9 Å². The van der Waals surface area contributed by atoms with Gasteiger partial charge in [0, 0.05) is 16.0 Å². The van der Waals surface area contributed by atoms with Crippen LogP contribution in [0.4, 0.5) is 5.95 Å². The molecule has 0 saturated carbocycles. The summed E-state index contributed by atoms with van der Waals surface area (Å²) >= 11 is 5.86. The predicted molar refractivity (Wildman–Crippen MR) is 73.4 cm³/mol. The average Bonchev–Trinajstić information content (AvgIpc) is 2.28. The smallest absolute Gasteiger partial charge is 0.223 e. The number of nitrogens with zero attached hydrogens (tertiary/aromatic N) is 3. The van der Waals surface area contributed by atoms with Gasteiger partial charge in [0.05, 0.1) is 0 Å². The van der Waals surface area contributed by atoms with Crippen molar-refractivity contribution in [3.63, 3.8) is 0 Å². The lowest BCUT2D eigenvalue weighted by Gasteiger charge is -2.17. The second-order valence-corrected chi connectivity index (χ2v) is 5.53. The monoisotopic (exact) mass is 262 g/mol. The number of benzene rings is 1. The SMILES string of the molecule is CC(C)(C)c1nc(N)nc(-c2ccc(Cl)cc2)n1. The molecule has 0 radical (unpaired) electrons. The molecule has 18 heavy (non-hydrogen) atoms. The van der Waals surface area contributed by atoms with Gasteiger partial charge in [-0.15, -0.1) is 0 Å². The van der Waals surface area contributed by atoms with Gasteiger partial charge in [-0.3, -0.25) is 0 Å². The van der Waals surface area contributed by atoms with Crippen LogP contribution >= 0.6 is 11.6 Å². The molecule has 0 aliphatic rings. The highest BCUT2D eigenvalue weighted by molar-refractivity contribution is 6.30. The van der Waals surface area contributed by atoms with Crippen molar-refractivity contribution in [2.45, 2.75) is 26.2 Å². The molecule has 4 nitrogen and oxygen atoms in total. The molecular weight excluding hydrogens is 248 g/mol.